The van der Waals surface area contributed by atoms with Crippen LogP contribution in [0.1, 0.15) is 26.2 Å². The van der Waals surface area contributed by atoms with Crippen molar-refractivity contribution in [1.29, 1.82) is 0 Å². The molecule has 0 bridgehead atoms. The highest BCUT2D eigenvalue weighted by atomic mass is 16.5. The maximum Gasteiger partial charge on any atom is 0.309 e. The summed E-state index contributed by atoms with van der Waals surface area (Å²) in [4.78, 5) is 33.1. The third kappa shape index (κ3) is 5.14. The van der Waals surface area contributed by atoms with Gasteiger partial charge in [-0.15, -0.1) is 0 Å². The third-order valence-electron chi connectivity index (χ3n) is 2.33. The van der Waals surface area contributed by atoms with Gasteiger partial charge in [0.2, 0.25) is 5.91 Å². The average molecular weight is 240 g/mol. The first-order valence-electron chi connectivity index (χ1n) is 5.46. The molecule has 1 aliphatic rings. The van der Waals surface area contributed by atoms with Gasteiger partial charge in [0.1, 0.15) is 0 Å². The first-order valence-corrected chi connectivity index (χ1v) is 5.46. The monoisotopic (exact) mass is 240 g/mol. The molecule has 0 heterocycles. The molecule has 0 aromatic heterocycles. The molecule has 0 aromatic carbocycles. The number of carbonyl (C=O) groups excluding carboxylic acids is 3. The van der Waals surface area contributed by atoms with Gasteiger partial charge in [0.05, 0.1) is 5.92 Å². The minimum atomic E-state index is -0.556. The smallest absolute Gasteiger partial charge is 0.309 e. The summed E-state index contributed by atoms with van der Waals surface area (Å²) in [7, 11) is 0. The molecule has 0 aromatic rings. The van der Waals surface area contributed by atoms with Crippen LogP contribution in [0.15, 0.2) is 12.2 Å². The van der Waals surface area contributed by atoms with Crippen molar-refractivity contribution in [3.05, 3.63) is 12.2 Å². The summed E-state index contributed by atoms with van der Waals surface area (Å²) in [5.74, 6) is -1.47. The number of ether oxygens (including phenoxy) is 1. The highest BCUT2D eigenvalue weighted by Gasteiger charge is 2.20. The van der Waals surface area contributed by atoms with Crippen LogP contribution in [0, 0.1) is 5.92 Å². The minimum absolute atomic E-state index is 0.159. The van der Waals surface area contributed by atoms with Gasteiger partial charge >= 0.3 is 5.97 Å². The molecule has 0 unspecified atom stereocenters. The summed E-state index contributed by atoms with van der Waals surface area (Å²) >= 11 is 0. The van der Waals surface area contributed by atoms with E-state index in [9.17, 15) is 14.4 Å². The molecule has 6 heteroatoms. The number of hydrogen-bond acceptors (Lipinski definition) is 4. The second-order valence-corrected chi connectivity index (χ2v) is 3.82. The van der Waals surface area contributed by atoms with E-state index in [1.165, 1.54) is 6.92 Å². The number of rotatable bonds is 3. The predicted molar refractivity (Wildman–Crippen MR) is 59.4 cm³/mol. The van der Waals surface area contributed by atoms with Crippen molar-refractivity contribution >= 4 is 17.8 Å². The van der Waals surface area contributed by atoms with Gasteiger partial charge < -0.3 is 4.74 Å². The normalized spacial score (nSPS) is 18.3. The second-order valence-electron chi connectivity index (χ2n) is 3.82. The van der Waals surface area contributed by atoms with Crippen molar-refractivity contribution in [2.75, 3.05) is 6.61 Å². The van der Waals surface area contributed by atoms with Gasteiger partial charge in [-0.1, -0.05) is 12.2 Å². The summed E-state index contributed by atoms with van der Waals surface area (Å²) in [6.07, 6.45) is 6.23. The average Bonchev–Trinajstić information content (AvgIpc) is 2.34. The Morgan fingerprint density at radius 3 is 2.65 bits per heavy atom. The number of hydrazine groups is 1. The molecule has 2 N–H and O–H groups in total. The molecule has 1 rings (SSSR count). The number of amides is 2. The zero-order chi connectivity index (χ0) is 12.7. The second kappa shape index (κ2) is 6.67. The molecular weight excluding hydrogens is 224 g/mol. The first-order chi connectivity index (χ1) is 8.09. The van der Waals surface area contributed by atoms with Gasteiger partial charge in [-0.25, -0.2) is 0 Å². The Labute approximate surface area is 99.4 Å². The van der Waals surface area contributed by atoms with E-state index in [2.05, 4.69) is 10.9 Å². The number of hydrogen-bond donors (Lipinski definition) is 2. The number of carbonyl (C=O) groups is 3. The van der Waals surface area contributed by atoms with Crippen molar-refractivity contribution in [1.82, 2.24) is 10.9 Å². The van der Waals surface area contributed by atoms with E-state index >= 15 is 0 Å². The molecule has 17 heavy (non-hydrogen) atoms. The van der Waals surface area contributed by atoms with Crippen LogP contribution in [0.3, 0.4) is 0 Å². The van der Waals surface area contributed by atoms with Crippen LogP contribution >= 0.6 is 0 Å². The molecule has 0 saturated heterocycles. The van der Waals surface area contributed by atoms with Crippen LogP contribution in [-0.2, 0) is 19.1 Å². The van der Waals surface area contributed by atoms with Crippen LogP contribution in [-0.4, -0.2) is 24.4 Å². The van der Waals surface area contributed by atoms with Gasteiger partial charge in [-0.05, 0) is 19.3 Å². The minimum Gasteiger partial charge on any atom is -0.455 e. The fraction of sp³-hybridized carbons (Fsp3) is 0.545. The van der Waals surface area contributed by atoms with E-state index in [4.69, 9.17) is 4.74 Å². The van der Waals surface area contributed by atoms with E-state index in [1.54, 1.807) is 0 Å². The Kier molecular flexibility index (Phi) is 5.19. The highest BCUT2D eigenvalue weighted by Crippen LogP contribution is 2.19. The molecule has 0 aliphatic heterocycles. The predicted octanol–water partition coefficient (Wildman–Crippen LogP) is 0.0532. The third-order valence-corrected chi connectivity index (χ3v) is 2.33. The summed E-state index contributed by atoms with van der Waals surface area (Å²) in [6, 6.07) is 0. The standard InChI is InChI=1S/C11H16N2O4/c1-8(14)12-13-10(15)7-17-11(16)9-5-3-2-4-6-9/h2-3,9H,4-7H2,1H3,(H,12,14)(H,13,15)/t9-/m0/s1. The van der Waals surface area contributed by atoms with Crippen LogP contribution in [0.2, 0.25) is 0 Å². The van der Waals surface area contributed by atoms with Crippen LogP contribution in [0.4, 0.5) is 0 Å². The molecule has 0 fully saturated rings. The quantitative estimate of drug-likeness (QED) is 0.415. The van der Waals surface area contributed by atoms with Gasteiger partial charge in [-0.2, -0.15) is 0 Å². The summed E-state index contributed by atoms with van der Waals surface area (Å²) in [5, 5.41) is 0. The van der Waals surface area contributed by atoms with E-state index in [-0.39, 0.29) is 24.4 Å². The van der Waals surface area contributed by atoms with Crippen molar-refractivity contribution in [3.8, 4) is 0 Å². The van der Waals surface area contributed by atoms with Crippen LogP contribution in [0.5, 0.6) is 0 Å². The van der Waals surface area contributed by atoms with Crippen molar-refractivity contribution in [2.24, 2.45) is 5.92 Å². The van der Waals surface area contributed by atoms with Gasteiger partial charge in [0, 0.05) is 6.92 Å². The Hall–Kier alpha value is -1.85. The molecule has 0 radical (unpaired) electrons. The zero-order valence-electron chi connectivity index (χ0n) is 9.69. The molecule has 0 saturated carbocycles. The lowest BCUT2D eigenvalue weighted by Crippen LogP contribution is -2.42. The van der Waals surface area contributed by atoms with Crippen molar-refractivity contribution in [3.63, 3.8) is 0 Å². The van der Waals surface area contributed by atoms with E-state index in [0.717, 1.165) is 12.8 Å². The number of allylic oxidation sites excluding steroid dienone is 2. The van der Waals surface area contributed by atoms with E-state index in [0.29, 0.717) is 6.42 Å². The van der Waals surface area contributed by atoms with Crippen LogP contribution in [0.25, 0.3) is 0 Å². The Bertz CT molecular complexity index is 338. The SMILES string of the molecule is CC(=O)NNC(=O)COC(=O)[C@H]1CC=CCC1. The summed E-state index contributed by atoms with van der Waals surface area (Å²) in [6.45, 7) is 0.889. The van der Waals surface area contributed by atoms with Gasteiger partial charge in [-0.3, -0.25) is 25.2 Å². The summed E-state index contributed by atoms with van der Waals surface area (Å²) in [5.41, 5.74) is 4.22. The Morgan fingerprint density at radius 2 is 2.06 bits per heavy atom. The molecular formula is C11H16N2O4. The lowest BCUT2D eigenvalue weighted by molar-refractivity contribution is -0.153. The maximum atomic E-state index is 11.5. The number of esters is 1. The van der Waals surface area contributed by atoms with Crippen molar-refractivity contribution < 1.29 is 19.1 Å². The van der Waals surface area contributed by atoms with Crippen LogP contribution < -0.4 is 10.9 Å². The fourth-order valence-corrected chi connectivity index (χ4v) is 1.46. The lowest BCUT2D eigenvalue weighted by atomic mass is 9.95. The molecule has 2 amide bonds. The zero-order valence-corrected chi connectivity index (χ0v) is 9.69. The maximum absolute atomic E-state index is 11.5. The Morgan fingerprint density at radius 1 is 1.29 bits per heavy atom. The fourth-order valence-electron chi connectivity index (χ4n) is 1.46. The largest absolute Gasteiger partial charge is 0.455 e. The Balaban J connectivity index is 2.20. The molecule has 0 spiro atoms. The van der Waals surface area contributed by atoms with Gasteiger partial charge in [0.15, 0.2) is 6.61 Å². The molecule has 94 valence electrons. The van der Waals surface area contributed by atoms with Crippen molar-refractivity contribution in [2.45, 2.75) is 26.2 Å². The topological polar surface area (TPSA) is 84.5 Å². The molecule has 1 atom stereocenters. The molecule has 1 aliphatic carbocycles. The van der Waals surface area contributed by atoms with E-state index in [1.807, 2.05) is 12.2 Å². The van der Waals surface area contributed by atoms with Gasteiger partial charge in [0.25, 0.3) is 5.91 Å². The lowest BCUT2D eigenvalue weighted by Gasteiger charge is -2.16. The van der Waals surface area contributed by atoms with E-state index < -0.39 is 5.91 Å². The molecule has 6 nitrogen and oxygen atoms in total. The first kappa shape index (κ1) is 13.2. The number of nitrogens with one attached hydrogen (secondary N) is 2. The summed E-state index contributed by atoms with van der Waals surface area (Å²) < 4.78 is 4.84. The highest BCUT2D eigenvalue weighted by molar-refractivity contribution is 5.83.